The van der Waals surface area contributed by atoms with Crippen LogP contribution in [0.15, 0.2) is 0 Å². The van der Waals surface area contributed by atoms with Crippen LogP contribution in [0.1, 0.15) is 39.0 Å². The number of esters is 1. The first kappa shape index (κ1) is 14.3. The Labute approximate surface area is 114 Å². The van der Waals surface area contributed by atoms with Crippen LogP contribution in [0.2, 0.25) is 0 Å². The Balaban J connectivity index is 1.92. The number of nitrogens with zero attached hydrogens (tertiary/aromatic N) is 2. The van der Waals surface area contributed by atoms with Crippen LogP contribution in [-0.4, -0.2) is 60.5 Å². The van der Waals surface area contributed by atoms with Crippen molar-refractivity contribution >= 4 is 11.9 Å². The summed E-state index contributed by atoms with van der Waals surface area (Å²) >= 11 is 0. The minimum atomic E-state index is -0.228. The molecule has 2 fully saturated rings. The van der Waals surface area contributed by atoms with E-state index in [1.54, 1.807) is 0 Å². The van der Waals surface area contributed by atoms with Gasteiger partial charge in [0.25, 0.3) is 0 Å². The zero-order valence-electron chi connectivity index (χ0n) is 11.9. The molecule has 2 rings (SSSR count). The Hall–Kier alpha value is -1.10. The lowest BCUT2D eigenvalue weighted by Gasteiger charge is -2.35. The van der Waals surface area contributed by atoms with Crippen molar-refractivity contribution in [3.63, 3.8) is 0 Å². The van der Waals surface area contributed by atoms with Crippen LogP contribution >= 0.6 is 0 Å². The van der Waals surface area contributed by atoms with E-state index >= 15 is 0 Å². The van der Waals surface area contributed by atoms with Gasteiger partial charge in [-0.05, 0) is 45.6 Å². The number of rotatable bonds is 3. The molecule has 19 heavy (non-hydrogen) atoms. The summed E-state index contributed by atoms with van der Waals surface area (Å²) < 4.78 is 4.81. The van der Waals surface area contributed by atoms with Crippen molar-refractivity contribution < 1.29 is 14.3 Å². The molecule has 0 aromatic heterocycles. The molecule has 0 aliphatic carbocycles. The number of ether oxygens (including phenoxy) is 1. The van der Waals surface area contributed by atoms with Gasteiger partial charge in [0, 0.05) is 12.6 Å². The molecule has 1 amide bonds. The summed E-state index contributed by atoms with van der Waals surface area (Å²) in [5.74, 6) is -0.0556. The molecule has 0 saturated carbocycles. The summed E-state index contributed by atoms with van der Waals surface area (Å²) in [5.41, 5.74) is 0. The van der Waals surface area contributed by atoms with Gasteiger partial charge in [-0.1, -0.05) is 0 Å². The van der Waals surface area contributed by atoms with Crippen molar-refractivity contribution in [1.82, 2.24) is 9.80 Å². The van der Waals surface area contributed by atoms with Crippen molar-refractivity contribution in [2.75, 3.05) is 26.7 Å². The average molecular weight is 268 g/mol. The van der Waals surface area contributed by atoms with Gasteiger partial charge in [0.2, 0.25) is 5.91 Å². The largest absolute Gasteiger partial charge is 0.468 e. The molecule has 0 spiro atoms. The Morgan fingerprint density at radius 2 is 1.95 bits per heavy atom. The molecule has 5 nitrogen and oxygen atoms in total. The third-order valence-electron chi connectivity index (χ3n) is 4.30. The molecular formula is C14H24N2O3. The highest BCUT2D eigenvalue weighted by atomic mass is 16.5. The van der Waals surface area contributed by atoms with E-state index in [1.165, 1.54) is 13.5 Å². The Morgan fingerprint density at radius 1 is 1.16 bits per heavy atom. The molecular weight excluding hydrogens is 244 g/mol. The number of hydrogen-bond acceptors (Lipinski definition) is 4. The van der Waals surface area contributed by atoms with E-state index < -0.39 is 0 Å². The van der Waals surface area contributed by atoms with E-state index in [2.05, 4.69) is 6.92 Å². The number of likely N-dealkylation sites (tertiary alicyclic amines) is 2. The predicted molar refractivity (Wildman–Crippen MR) is 71.6 cm³/mol. The maximum Gasteiger partial charge on any atom is 0.323 e. The van der Waals surface area contributed by atoms with Gasteiger partial charge in [0.1, 0.15) is 6.04 Å². The number of amides is 1. The monoisotopic (exact) mass is 268 g/mol. The zero-order chi connectivity index (χ0) is 13.8. The Kier molecular flexibility index (Phi) is 4.80. The first-order chi connectivity index (χ1) is 9.13. The van der Waals surface area contributed by atoms with E-state index in [0.717, 1.165) is 38.8 Å². The van der Waals surface area contributed by atoms with Crippen LogP contribution < -0.4 is 0 Å². The molecule has 0 radical (unpaired) electrons. The van der Waals surface area contributed by atoms with E-state index in [0.29, 0.717) is 12.6 Å². The van der Waals surface area contributed by atoms with Crippen LogP contribution in [0.5, 0.6) is 0 Å². The number of piperidine rings is 1. The first-order valence-electron chi connectivity index (χ1n) is 7.25. The molecule has 5 heteroatoms. The molecule has 2 aliphatic heterocycles. The minimum absolute atomic E-state index is 0.156. The fourth-order valence-corrected chi connectivity index (χ4v) is 3.15. The first-order valence-corrected chi connectivity index (χ1v) is 7.25. The van der Waals surface area contributed by atoms with Crippen molar-refractivity contribution in [2.24, 2.45) is 0 Å². The van der Waals surface area contributed by atoms with E-state index in [1.807, 2.05) is 9.80 Å². The molecule has 0 N–H and O–H groups in total. The second-order valence-corrected chi connectivity index (χ2v) is 5.58. The van der Waals surface area contributed by atoms with Crippen molar-refractivity contribution in [2.45, 2.75) is 51.1 Å². The van der Waals surface area contributed by atoms with Crippen molar-refractivity contribution in [3.8, 4) is 0 Å². The van der Waals surface area contributed by atoms with Gasteiger partial charge in [-0.25, -0.2) is 0 Å². The summed E-state index contributed by atoms with van der Waals surface area (Å²) in [6, 6.07) is 0.106. The topological polar surface area (TPSA) is 49.9 Å². The molecule has 0 unspecified atom stereocenters. The zero-order valence-corrected chi connectivity index (χ0v) is 11.9. The number of carbonyl (C=O) groups is 2. The summed E-state index contributed by atoms with van der Waals surface area (Å²) in [5, 5.41) is 0. The molecule has 0 aromatic carbocycles. The summed E-state index contributed by atoms with van der Waals surface area (Å²) in [6.07, 6.45) is 5.15. The maximum atomic E-state index is 12.4. The predicted octanol–water partition coefficient (Wildman–Crippen LogP) is 1.02. The van der Waals surface area contributed by atoms with Gasteiger partial charge in [-0.15, -0.1) is 0 Å². The summed E-state index contributed by atoms with van der Waals surface area (Å²) in [7, 11) is 1.41. The second kappa shape index (κ2) is 6.37. The Morgan fingerprint density at radius 3 is 2.63 bits per heavy atom. The minimum Gasteiger partial charge on any atom is -0.468 e. The van der Waals surface area contributed by atoms with Crippen LogP contribution in [0.25, 0.3) is 0 Å². The highest BCUT2D eigenvalue weighted by Crippen LogP contribution is 2.21. The van der Waals surface area contributed by atoms with E-state index in [-0.39, 0.29) is 17.9 Å². The van der Waals surface area contributed by atoms with Crippen LogP contribution in [0, 0.1) is 0 Å². The fourth-order valence-electron chi connectivity index (χ4n) is 3.15. The third-order valence-corrected chi connectivity index (χ3v) is 4.30. The lowest BCUT2D eigenvalue weighted by Crippen LogP contribution is -2.49. The maximum absolute atomic E-state index is 12.4. The molecule has 108 valence electrons. The SMILES string of the molecule is COC(=O)[C@@H]1CCCN1CC(=O)N1CCCC[C@H]1C. The Bertz CT molecular complexity index is 346. The van der Waals surface area contributed by atoms with E-state index in [9.17, 15) is 9.59 Å². The normalized spacial score (nSPS) is 28.4. The lowest BCUT2D eigenvalue weighted by atomic mass is 10.0. The van der Waals surface area contributed by atoms with Crippen molar-refractivity contribution in [3.05, 3.63) is 0 Å². The number of hydrogen-bond donors (Lipinski definition) is 0. The van der Waals surface area contributed by atoms with E-state index in [4.69, 9.17) is 4.74 Å². The third kappa shape index (κ3) is 3.26. The van der Waals surface area contributed by atoms with Gasteiger partial charge in [0.05, 0.1) is 13.7 Å². The van der Waals surface area contributed by atoms with Crippen LogP contribution in [-0.2, 0) is 14.3 Å². The molecule has 2 atom stereocenters. The lowest BCUT2D eigenvalue weighted by molar-refractivity contribution is -0.147. The van der Waals surface area contributed by atoms with Gasteiger partial charge >= 0.3 is 5.97 Å². The van der Waals surface area contributed by atoms with Gasteiger partial charge in [0.15, 0.2) is 0 Å². The molecule has 0 bridgehead atoms. The fraction of sp³-hybridized carbons (Fsp3) is 0.857. The summed E-state index contributed by atoms with van der Waals surface area (Å²) in [6.45, 7) is 4.13. The molecule has 2 heterocycles. The number of methoxy groups -OCH3 is 1. The molecule has 2 saturated heterocycles. The number of carbonyl (C=O) groups excluding carboxylic acids is 2. The molecule has 2 aliphatic rings. The van der Waals surface area contributed by atoms with Crippen molar-refractivity contribution in [1.29, 1.82) is 0 Å². The second-order valence-electron chi connectivity index (χ2n) is 5.58. The molecule has 0 aromatic rings. The van der Waals surface area contributed by atoms with Gasteiger partial charge in [-0.3, -0.25) is 14.5 Å². The highest BCUT2D eigenvalue weighted by molar-refractivity contribution is 5.81. The van der Waals surface area contributed by atoms with Gasteiger partial charge < -0.3 is 9.64 Å². The summed E-state index contributed by atoms with van der Waals surface area (Å²) in [4.78, 5) is 27.9. The van der Waals surface area contributed by atoms with Crippen LogP contribution in [0.4, 0.5) is 0 Å². The smallest absolute Gasteiger partial charge is 0.323 e. The standard InChI is InChI=1S/C14H24N2O3/c1-11-6-3-4-9-16(11)13(17)10-15-8-5-7-12(15)14(18)19-2/h11-12H,3-10H2,1-2H3/t11-,12+/m1/s1. The van der Waals surface area contributed by atoms with Crippen LogP contribution in [0.3, 0.4) is 0 Å². The highest BCUT2D eigenvalue weighted by Gasteiger charge is 2.34. The van der Waals surface area contributed by atoms with Gasteiger partial charge in [-0.2, -0.15) is 0 Å². The average Bonchev–Trinajstić information content (AvgIpc) is 2.86. The quantitative estimate of drug-likeness (QED) is 0.717.